The molecule has 7 N–H and O–H groups in total. The third-order valence-corrected chi connectivity index (χ3v) is 6.15. The van der Waals surface area contributed by atoms with Crippen LogP contribution in [0.25, 0.3) is 10.6 Å². The molecule has 0 radical (unpaired) electrons. The number of aromatic nitrogens is 1. The highest BCUT2D eigenvalue weighted by atomic mass is 32.1. The minimum atomic E-state index is -0.336. The highest BCUT2D eigenvalue weighted by molar-refractivity contribution is 7.15. The van der Waals surface area contributed by atoms with Gasteiger partial charge in [0, 0.05) is 16.6 Å². The molecule has 134 valence electrons. The zero-order chi connectivity index (χ0) is 17.8. The van der Waals surface area contributed by atoms with Crippen molar-refractivity contribution in [3.05, 3.63) is 40.9 Å². The number of hydroxylamine groups is 1. The highest BCUT2D eigenvalue weighted by Gasteiger charge is 2.27. The number of nitrogens with zero attached hydrogens (tertiary/aromatic N) is 2. The number of nitrogens with two attached hydrogens (primary N) is 2. The number of hydrogen-bond acceptors (Lipinski definition) is 7. The molecule has 8 heteroatoms. The van der Waals surface area contributed by atoms with Crippen LogP contribution < -0.4 is 16.9 Å². The normalized spacial score (nSPS) is 22.7. The van der Waals surface area contributed by atoms with Crippen molar-refractivity contribution >= 4 is 17.2 Å². The summed E-state index contributed by atoms with van der Waals surface area (Å²) in [5.74, 6) is 0.920. The van der Waals surface area contributed by atoms with Crippen LogP contribution in [0.5, 0.6) is 0 Å². The van der Waals surface area contributed by atoms with Crippen molar-refractivity contribution in [2.24, 2.45) is 22.5 Å². The number of rotatable bonds is 5. The third-order valence-electron chi connectivity index (χ3n) is 4.88. The lowest BCUT2D eigenvalue weighted by Crippen LogP contribution is -2.43. The van der Waals surface area contributed by atoms with Crippen LogP contribution >= 0.6 is 11.3 Å². The molecule has 25 heavy (non-hydrogen) atoms. The first-order valence-corrected chi connectivity index (χ1v) is 9.13. The second-order valence-corrected chi connectivity index (χ2v) is 7.50. The lowest BCUT2D eigenvalue weighted by Gasteiger charge is -2.30. The SMILES string of the molecule is N/C(=N\O)c1ccc(-c2ccc(C3CCC(C(N)NO)CC3)s2)nc1. The van der Waals surface area contributed by atoms with Gasteiger partial charge in [-0.25, -0.2) is 0 Å². The number of oxime groups is 1. The molecule has 1 atom stereocenters. The molecule has 1 aliphatic carbocycles. The topological polar surface area (TPSA) is 130 Å². The molecule has 0 aromatic carbocycles. The first kappa shape index (κ1) is 17.8. The van der Waals surface area contributed by atoms with Crippen LogP contribution in [0.1, 0.15) is 42.0 Å². The van der Waals surface area contributed by atoms with E-state index in [1.807, 2.05) is 6.07 Å². The van der Waals surface area contributed by atoms with Crippen LogP contribution in [-0.4, -0.2) is 27.4 Å². The Balaban J connectivity index is 1.67. The first-order chi connectivity index (χ1) is 12.1. The summed E-state index contributed by atoms with van der Waals surface area (Å²) in [6, 6.07) is 7.95. The van der Waals surface area contributed by atoms with E-state index < -0.39 is 0 Å². The fourth-order valence-corrected chi connectivity index (χ4v) is 4.48. The largest absolute Gasteiger partial charge is 0.409 e. The third kappa shape index (κ3) is 3.98. The molecule has 1 unspecified atom stereocenters. The van der Waals surface area contributed by atoms with Crippen LogP contribution in [0.2, 0.25) is 0 Å². The standard InChI is InChI=1S/C17H23N5O2S/c18-16(21-23)11-3-1-10(2-4-11)14-7-8-15(25-14)13-6-5-12(9-20-13)17(19)22-24/h5-11,16,21,23-24H,1-4,18H2,(H2,19,22). The van der Waals surface area contributed by atoms with Gasteiger partial charge in [0.25, 0.3) is 0 Å². The van der Waals surface area contributed by atoms with Gasteiger partial charge in [0.2, 0.25) is 0 Å². The Morgan fingerprint density at radius 3 is 2.60 bits per heavy atom. The molecule has 0 spiro atoms. The summed E-state index contributed by atoms with van der Waals surface area (Å²) in [5.41, 5.74) is 15.1. The molecule has 0 saturated heterocycles. The van der Waals surface area contributed by atoms with Gasteiger partial charge in [0.05, 0.1) is 16.7 Å². The second kappa shape index (κ2) is 7.92. The van der Waals surface area contributed by atoms with E-state index in [1.165, 1.54) is 4.88 Å². The Kier molecular flexibility index (Phi) is 5.64. The van der Waals surface area contributed by atoms with Crippen molar-refractivity contribution in [2.45, 2.75) is 37.8 Å². The Labute approximate surface area is 150 Å². The summed E-state index contributed by atoms with van der Waals surface area (Å²) in [7, 11) is 0. The lowest BCUT2D eigenvalue weighted by molar-refractivity contribution is 0.0851. The summed E-state index contributed by atoms with van der Waals surface area (Å²) in [4.78, 5) is 6.88. The summed E-state index contributed by atoms with van der Waals surface area (Å²) in [5, 5.41) is 20.6. The average molecular weight is 361 g/mol. The van der Waals surface area contributed by atoms with Crippen molar-refractivity contribution in [3.8, 4) is 10.6 Å². The van der Waals surface area contributed by atoms with E-state index in [1.54, 1.807) is 23.6 Å². The van der Waals surface area contributed by atoms with E-state index in [0.717, 1.165) is 36.3 Å². The van der Waals surface area contributed by atoms with Gasteiger partial charge in [0.1, 0.15) is 0 Å². The van der Waals surface area contributed by atoms with Crippen LogP contribution in [0.15, 0.2) is 35.6 Å². The molecule has 3 rings (SSSR count). The van der Waals surface area contributed by atoms with E-state index >= 15 is 0 Å². The van der Waals surface area contributed by atoms with Gasteiger partial charge in [0.15, 0.2) is 5.84 Å². The molecular formula is C17H23N5O2S. The maximum Gasteiger partial charge on any atom is 0.171 e. The number of pyridine rings is 1. The minimum Gasteiger partial charge on any atom is -0.409 e. The van der Waals surface area contributed by atoms with E-state index in [2.05, 4.69) is 27.8 Å². The minimum absolute atomic E-state index is 0.0539. The van der Waals surface area contributed by atoms with Gasteiger partial charge >= 0.3 is 0 Å². The molecule has 1 fully saturated rings. The number of nitrogens with one attached hydrogen (secondary N) is 1. The predicted octanol–water partition coefficient (Wildman–Crippen LogP) is 2.44. The van der Waals surface area contributed by atoms with E-state index in [4.69, 9.17) is 21.9 Å². The predicted molar refractivity (Wildman–Crippen MR) is 97.7 cm³/mol. The van der Waals surface area contributed by atoms with Crippen LogP contribution in [0.3, 0.4) is 0 Å². The number of amidine groups is 1. The molecule has 0 bridgehead atoms. The Morgan fingerprint density at radius 1 is 1.24 bits per heavy atom. The molecule has 2 aromatic heterocycles. The van der Waals surface area contributed by atoms with Crippen molar-refractivity contribution in [1.82, 2.24) is 10.5 Å². The summed E-state index contributed by atoms with van der Waals surface area (Å²) in [6.45, 7) is 0. The molecule has 0 aliphatic heterocycles. The van der Waals surface area contributed by atoms with Crippen LogP contribution in [0, 0.1) is 5.92 Å². The van der Waals surface area contributed by atoms with E-state index in [9.17, 15) is 0 Å². The molecule has 1 aliphatic rings. The number of hydrogen-bond donors (Lipinski definition) is 5. The summed E-state index contributed by atoms with van der Waals surface area (Å²) < 4.78 is 0. The maximum atomic E-state index is 8.96. The van der Waals surface area contributed by atoms with Crippen molar-refractivity contribution in [2.75, 3.05) is 0 Å². The smallest absolute Gasteiger partial charge is 0.171 e. The highest BCUT2D eigenvalue weighted by Crippen LogP contribution is 2.40. The molecule has 2 heterocycles. The van der Waals surface area contributed by atoms with Crippen LogP contribution in [0.4, 0.5) is 0 Å². The lowest BCUT2D eigenvalue weighted by atomic mass is 9.80. The van der Waals surface area contributed by atoms with Gasteiger partial charge in [-0.05, 0) is 61.8 Å². The first-order valence-electron chi connectivity index (χ1n) is 8.31. The Morgan fingerprint density at radius 2 is 2.00 bits per heavy atom. The molecule has 7 nitrogen and oxygen atoms in total. The van der Waals surface area contributed by atoms with Crippen LogP contribution in [-0.2, 0) is 0 Å². The molecular weight excluding hydrogens is 338 g/mol. The zero-order valence-corrected chi connectivity index (χ0v) is 14.6. The van der Waals surface area contributed by atoms with Gasteiger partial charge in [-0.1, -0.05) is 5.16 Å². The Hall–Kier alpha value is -2.00. The van der Waals surface area contributed by atoms with E-state index in [-0.39, 0.29) is 12.0 Å². The van der Waals surface area contributed by atoms with Gasteiger partial charge in [-0.15, -0.1) is 11.3 Å². The van der Waals surface area contributed by atoms with Crippen molar-refractivity contribution in [3.63, 3.8) is 0 Å². The van der Waals surface area contributed by atoms with Crippen molar-refractivity contribution in [1.29, 1.82) is 0 Å². The van der Waals surface area contributed by atoms with Gasteiger partial charge in [-0.3, -0.25) is 4.98 Å². The monoisotopic (exact) mass is 361 g/mol. The summed E-state index contributed by atoms with van der Waals surface area (Å²) in [6.07, 6.45) is 5.46. The maximum absolute atomic E-state index is 8.96. The quantitative estimate of drug-likeness (QED) is 0.183. The molecule has 1 saturated carbocycles. The molecule has 0 amide bonds. The van der Waals surface area contributed by atoms with E-state index in [0.29, 0.717) is 17.4 Å². The number of thiophene rings is 1. The van der Waals surface area contributed by atoms with Crippen molar-refractivity contribution < 1.29 is 10.4 Å². The second-order valence-electron chi connectivity index (χ2n) is 6.39. The fourth-order valence-electron chi connectivity index (χ4n) is 3.33. The van der Waals surface area contributed by atoms with Gasteiger partial charge in [-0.2, -0.15) is 5.48 Å². The fraction of sp³-hybridized carbons (Fsp3) is 0.412. The average Bonchev–Trinajstić information content (AvgIpc) is 3.17. The van der Waals surface area contributed by atoms with Gasteiger partial charge < -0.3 is 21.9 Å². The zero-order valence-electron chi connectivity index (χ0n) is 13.8. The summed E-state index contributed by atoms with van der Waals surface area (Å²) >= 11 is 1.76. The molecule has 2 aromatic rings. The Bertz CT molecular complexity index is 723.